The molecule has 0 unspecified atom stereocenters. The van der Waals surface area contributed by atoms with Crippen LogP contribution in [0.5, 0.6) is 5.75 Å². The molecular formula is C12H18O2. The Hall–Kier alpha value is -1.02. The Labute approximate surface area is 85.5 Å². The molecule has 1 N–H and O–H groups in total. The highest BCUT2D eigenvalue weighted by Crippen LogP contribution is 2.22. The van der Waals surface area contributed by atoms with E-state index in [-0.39, 0.29) is 12.0 Å². The SMILES string of the molecule is COc1ccc(CC(C)(C)CO)cc1. The van der Waals surface area contributed by atoms with E-state index in [2.05, 4.69) is 13.8 Å². The Morgan fingerprint density at radius 2 is 1.79 bits per heavy atom. The fraction of sp³-hybridized carbons (Fsp3) is 0.500. The fourth-order valence-corrected chi connectivity index (χ4v) is 1.35. The monoisotopic (exact) mass is 194 g/mol. The van der Waals surface area contributed by atoms with E-state index in [0.29, 0.717) is 0 Å². The molecule has 2 nitrogen and oxygen atoms in total. The largest absolute Gasteiger partial charge is 0.497 e. The molecule has 14 heavy (non-hydrogen) atoms. The van der Waals surface area contributed by atoms with Crippen molar-refractivity contribution in [3.8, 4) is 5.75 Å². The van der Waals surface area contributed by atoms with Crippen molar-refractivity contribution in [3.63, 3.8) is 0 Å². The predicted octanol–water partition coefficient (Wildman–Crippen LogP) is 2.26. The highest BCUT2D eigenvalue weighted by Gasteiger charge is 2.16. The molecule has 0 atom stereocenters. The third kappa shape index (κ3) is 3.04. The van der Waals surface area contributed by atoms with E-state index >= 15 is 0 Å². The van der Waals surface area contributed by atoms with Crippen LogP contribution in [0.3, 0.4) is 0 Å². The van der Waals surface area contributed by atoms with E-state index in [1.54, 1.807) is 7.11 Å². The topological polar surface area (TPSA) is 29.5 Å². The van der Waals surface area contributed by atoms with E-state index < -0.39 is 0 Å². The number of ether oxygens (including phenoxy) is 1. The molecular weight excluding hydrogens is 176 g/mol. The first-order valence-electron chi connectivity index (χ1n) is 4.81. The van der Waals surface area contributed by atoms with Gasteiger partial charge in [0.15, 0.2) is 0 Å². The quantitative estimate of drug-likeness (QED) is 0.796. The van der Waals surface area contributed by atoms with Gasteiger partial charge in [0.2, 0.25) is 0 Å². The second-order valence-electron chi connectivity index (χ2n) is 4.35. The van der Waals surface area contributed by atoms with E-state index in [9.17, 15) is 0 Å². The molecule has 0 amide bonds. The second kappa shape index (κ2) is 4.47. The maximum absolute atomic E-state index is 9.13. The molecule has 1 rings (SSSR count). The molecule has 2 heteroatoms. The van der Waals surface area contributed by atoms with Crippen molar-refractivity contribution in [1.82, 2.24) is 0 Å². The van der Waals surface area contributed by atoms with Crippen molar-refractivity contribution in [1.29, 1.82) is 0 Å². The second-order valence-corrected chi connectivity index (χ2v) is 4.35. The van der Waals surface area contributed by atoms with Gasteiger partial charge >= 0.3 is 0 Å². The van der Waals surface area contributed by atoms with E-state index in [4.69, 9.17) is 9.84 Å². The Bertz CT molecular complexity index is 275. The summed E-state index contributed by atoms with van der Waals surface area (Å²) in [4.78, 5) is 0. The number of aliphatic hydroxyl groups is 1. The van der Waals surface area contributed by atoms with Crippen molar-refractivity contribution in [2.45, 2.75) is 20.3 Å². The molecule has 0 aliphatic rings. The molecule has 0 heterocycles. The molecule has 0 aliphatic carbocycles. The van der Waals surface area contributed by atoms with E-state index in [0.717, 1.165) is 12.2 Å². The van der Waals surface area contributed by atoms with Crippen molar-refractivity contribution in [2.24, 2.45) is 5.41 Å². The highest BCUT2D eigenvalue weighted by atomic mass is 16.5. The lowest BCUT2D eigenvalue weighted by atomic mass is 9.87. The van der Waals surface area contributed by atoms with Crippen LogP contribution < -0.4 is 4.74 Å². The van der Waals surface area contributed by atoms with E-state index in [1.165, 1.54) is 5.56 Å². The zero-order valence-corrected chi connectivity index (χ0v) is 9.08. The average molecular weight is 194 g/mol. The summed E-state index contributed by atoms with van der Waals surface area (Å²) in [5.41, 5.74) is 1.18. The molecule has 0 saturated heterocycles. The van der Waals surface area contributed by atoms with Crippen LogP contribution in [0.15, 0.2) is 24.3 Å². The Kier molecular flexibility index (Phi) is 3.53. The normalized spacial score (nSPS) is 11.4. The minimum atomic E-state index is -0.0470. The average Bonchev–Trinajstić information content (AvgIpc) is 2.19. The third-order valence-electron chi connectivity index (χ3n) is 2.27. The zero-order chi connectivity index (χ0) is 10.6. The van der Waals surface area contributed by atoms with Crippen molar-refractivity contribution >= 4 is 0 Å². The van der Waals surface area contributed by atoms with Gasteiger partial charge in [0.05, 0.1) is 7.11 Å². The number of methoxy groups -OCH3 is 1. The van der Waals surface area contributed by atoms with Gasteiger partial charge in [-0.05, 0) is 29.5 Å². The Balaban J connectivity index is 2.69. The van der Waals surface area contributed by atoms with Crippen LogP contribution in [0, 0.1) is 5.41 Å². The lowest BCUT2D eigenvalue weighted by Crippen LogP contribution is -2.19. The van der Waals surface area contributed by atoms with Crippen LogP contribution in [-0.4, -0.2) is 18.8 Å². The van der Waals surface area contributed by atoms with Crippen molar-refractivity contribution in [2.75, 3.05) is 13.7 Å². The zero-order valence-electron chi connectivity index (χ0n) is 9.08. The Morgan fingerprint density at radius 1 is 1.21 bits per heavy atom. The van der Waals surface area contributed by atoms with Gasteiger partial charge in [-0.2, -0.15) is 0 Å². The summed E-state index contributed by atoms with van der Waals surface area (Å²) in [6, 6.07) is 7.97. The minimum absolute atomic E-state index is 0.0470. The maximum atomic E-state index is 9.13. The van der Waals surface area contributed by atoms with Crippen molar-refractivity contribution in [3.05, 3.63) is 29.8 Å². The number of benzene rings is 1. The summed E-state index contributed by atoms with van der Waals surface area (Å²) < 4.78 is 5.08. The lowest BCUT2D eigenvalue weighted by molar-refractivity contribution is 0.159. The van der Waals surface area contributed by atoms with Gasteiger partial charge in [-0.3, -0.25) is 0 Å². The molecule has 0 aliphatic heterocycles. The molecule has 1 aromatic rings. The fourth-order valence-electron chi connectivity index (χ4n) is 1.35. The minimum Gasteiger partial charge on any atom is -0.497 e. The molecule has 0 fully saturated rings. The first-order chi connectivity index (χ1) is 6.57. The first kappa shape index (κ1) is 11.1. The van der Waals surface area contributed by atoms with Crippen molar-refractivity contribution < 1.29 is 9.84 Å². The summed E-state index contributed by atoms with van der Waals surface area (Å²) in [6.07, 6.45) is 0.882. The number of rotatable bonds is 4. The van der Waals surface area contributed by atoms with Crippen LogP contribution in [0.4, 0.5) is 0 Å². The van der Waals surface area contributed by atoms with Gasteiger partial charge in [-0.15, -0.1) is 0 Å². The van der Waals surface area contributed by atoms with Crippen LogP contribution in [0.1, 0.15) is 19.4 Å². The summed E-state index contributed by atoms with van der Waals surface area (Å²) in [6.45, 7) is 4.31. The summed E-state index contributed by atoms with van der Waals surface area (Å²) in [7, 11) is 1.66. The predicted molar refractivity (Wildman–Crippen MR) is 57.6 cm³/mol. The van der Waals surface area contributed by atoms with Gasteiger partial charge < -0.3 is 9.84 Å². The molecule has 1 aromatic carbocycles. The molecule has 0 aromatic heterocycles. The molecule has 0 bridgehead atoms. The Morgan fingerprint density at radius 3 is 2.21 bits per heavy atom. The molecule has 0 saturated carbocycles. The summed E-state index contributed by atoms with van der Waals surface area (Å²) in [5, 5.41) is 9.13. The van der Waals surface area contributed by atoms with Gasteiger partial charge in [-0.25, -0.2) is 0 Å². The van der Waals surface area contributed by atoms with E-state index in [1.807, 2.05) is 24.3 Å². The first-order valence-corrected chi connectivity index (χ1v) is 4.81. The summed E-state index contributed by atoms with van der Waals surface area (Å²) in [5.74, 6) is 0.871. The molecule has 0 radical (unpaired) electrons. The number of hydrogen-bond donors (Lipinski definition) is 1. The molecule has 0 spiro atoms. The van der Waals surface area contributed by atoms with Gasteiger partial charge in [0, 0.05) is 6.61 Å². The standard InChI is InChI=1S/C12H18O2/c1-12(2,9-13)8-10-4-6-11(14-3)7-5-10/h4-7,13H,8-9H2,1-3H3. The number of hydrogen-bond acceptors (Lipinski definition) is 2. The maximum Gasteiger partial charge on any atom is 0.118 e. The van der Waals surface area contributed by atoms with Crippen LogP contribution in [-0.2, 0) is 6.42 Å². The smallest absolute Gasteiger partial charge is 0.118 e. The highest BCUT2D eigenvalue weighted by molar-refractivity contribution is 5.27. The van der Waals surface area contributed by atoms with Crippen LogP contribution in [0.25, 0.3) is 0 Å². The van der Waals surface area contributed by atoms with Crippen LogP contribution >= 0.6 is 0 Å². The molecule has 78 valence electrons. The lowest BCUT2D eigenvalue weighted by Gasteiger charge is -2.21. The third-order valence-corrected chi connectivity index (χ3v) is 2.27. The van der Waals surface area contributed by atoms with Crippen LogP contribution in [0.2, 0.25) is 0 Å². The summed E-state index contributed by atoms with van der Waals surface area (Å²) >= 11 is 0. The van der Waals surface area contributed by atoms with Gasteiger partial charge in [0.25, 0.3) is 0 Å². The van der Waals surface area contributed by atoms with Gasteiger partial charge in [-0.1, -0.05) is 26.0 Å². The number of aliphatic hydroxyl groups excluding tert-OH is 1. The van der Waals surface area contributed by atoms with Gasteiger partial charge in [0.1, 0.15) is 5.75 Å².